The Kier molecular flexibility index (Phi) is 19.3. The van der Waals surface area contributed by atoms with Crippen molar-refractivity contribution in [2.45, 2.75) is 142 Å². The molecule has 5 N–H and O–H groups in total. The molecule has 8 atom stereocenters. The van der Waals surface area contributed by atoms with Crippen LogP contribution >= 0.6 is 0 Å². The number of Topliss-reactive ketones (excluding diaryl/α,β-unsaturated/α-hetero) is 1. The summed E-state index contributed by atoms with van der Waals surface area (Å²) in [6, 6.07) is 0. The average molecular weight is 521 g/mol. The summed E-state index contributed by atoms with van der Waals surface area (Å²) in [4.78, 5) is 24.3. The molecule has 1 saturated heterocycles. The molecule has 4 unspecified atom stereocenters. The Morgan fingerprint density at radius 3 is 2.11 bits per heavy atom. The van der Waals surface area contributed by atoms with E-state index in [1.807, 2.05) is 27.7 Å². The number of ketones is 1. The largest absolute Gasteiger partial charge is 0.433 e. The van der Waals surface area contributed by atoms with E-state index in [9.17, 15) is 30.0 Å². The van der Waals surface area contributed by atoms with E-state index in [1.165, 1.54) is 0 Å². The Labute approximate surface area is 217 Å². The van der Waals surface area contributed by atoms with Crippen molar-refractivity contribution in [2.24, 2.45) is 11.8 Å². The fourth-order valence-corrected chi connectivity index (χ4v) is 4.75. The van der Waals surface area contributed by atoms with Gasteiger partial charge in [-0.2, -0.15) is 0 Å². The van der Waals surface area contributed by atoms with E-state index < -0.39 is 49.4 Å². The van der Waals surface area contributed by atoms with E-state index in [4.69, 9.17) is 14.6 Å². The predicted octanol–water partition coefficient (Wildman–Crippen LogP) is 2.87. The highest BCUT2D eigenvalue weighted by atomic mass is 16.7. The summed E-state index contributed by atoms with van der Waals surface area (Å²) in [7, 11) is 0. The zero-order valence-corrected chi connectivity index (χ0v) is 23.0. The third-order valence-electron chi connectivity index (χ3n) is 6.72. The number of hydrogen-bond donors (Lipinski definition) is 5. The minimum absolute atomic E-state index is 0.0574. The predicted molar refractivity (Wildman–Crippen MR) is 137 cm³/mol. The lowest BCUT2D eigenvalue weighted by Crippen LogP contribution is -2.59. The van der Waals surface area contributed by atoms with Gasteiger partial charge in [-0.25, -0.2) is 0 Å². The van der Waals surface area contributed by atoms with E-state index in [0.717, 1.165) is 51.4 Å². The van der Waals surface area contributed by atoms with Crippen LogP contribution in [0.4, 0.5) is 0 Å². The molecule has 9 nitrogen and oxygen atoms in total. The molecule has 0 spiro atoms. The number of rotatable bonds is 13. The summed E-state index contributed by atoms with van der Waals surface area (Å²) >= 11 is 0. The molecule has 36 heavy (non-hydrogen) atoms. The number of aliphatic hydroxyl groups is 5. The SMILES string of the molecule is CC.CC.CCCCCC1C(O)CC(=O)C1CCCCCCC(=O)OC1O[C@H](CO)[C@@H](O)[C@H](O)[C@H]1O. The van der Waals surface area contributed by atoms with Gasteiger partial charge >= 0.3 is 5.97 Å². The normalized spacial score (nSPS) is 31.7. The van der Waals surface area contributed by atoms with Gasteiger partial charge in [-0.05, 0) is 25.2 Å². The van der Waals surface area contributed by atoms with Gasteiger partial charge in [0.25, 0.3) is 0 Å². The Morgan fingerprint density at radius 2 is 1.50 bits per heavy atom. The van der Waals surface area contributed by atoms with Gasteiger partial charge in [-0.1, -0.05) is 73.1 Å². The van der Waals surface area contributed by atoms with Crippen LogP contribution in [0.1, 0.15) is 105 Å². The van der Waals surface area contributed by atoms with Crippen LogP contribution in [0, 0.1) is 11.8 Å². The average Bonchev–Trinajstić information content (AvgIpc) is 3.16. The van der Waals surface area contributed by atoms with E-state index in [2.05, 4.69) is 6.92 Å². The highest BCUT2D eigenvalue weighted by Gasteiger charge is 2.45. The molecular weight excluding hydrogens is 468 g/mol. The van der Waals surface area contributed by atoms with Crippen LogP contribution in [0.3, 0.4) is 0 Å². The topological polar surface area (TPSA) is 154 Å². The van der Waals surface area contributed by atoms with Crippen molar-refractivity contribution in [1.29, 1.82) is 0 Å². The van der Waals surface area contributed by atoms with Gasteiger partial charge in [0.2, 0.25) is 6.29 Å². The third-order valence-corrected chi connectivity index (χ3v) is 6.72. The molecule has 9 heteroatoms. The van der Waals surface area contributed by atoms with Gasteiger partial charge in [0.15, 0.2) is 0 Å². The molecule has 2 fully saturated rings. The van der Waals surface area contributed by atoms with Gasteiger partial charge in [0, 0.05) is 18.8 Å². The van der Waals surface area contributed by atoms with Gasteiger partial charge in [0.1, 0.15) is 30.2 Å². The third kappa shape index (κ3) is 11.1. The minimum atomic E-state index is -1.60. The number of esters is 1. The van der Waals surface area contributed by atoms with Crippen molar-refractivity contribution in [3.05, 3.63) is 0 Å². The minimum Gasteiger partial charge on any atom is -0.433 e. The fourth-order valence-electron chi connectivity index (χ4n) is 4.75. The summed E-state index contributed by atoms with van der Waals surface area (Å²) in [6.45, 7) is 9.55. The van der Waals surface area contributed by atoms with Crippen molar-refractivity contribution in [3.8, 4) is 0 Å². The molecule has 0 radical (unpaired) electrons. The Morgan fingerprint density at radius 1 is 0.889 bits per heavy atom. The summed E-state index contributed by atoms with van der Waals surface area (Å²) < 4.78 is 10.2. The maximum Gasteiger partial charge on any atom is 0.308 e. The number of unbranched alkanes of at least 4 members (excludes halogenated alkanes) is 5. The van der Waals surface area contributed by atoms with Crippen LogP contribution in [0.5, 0.6) is 0 Å². The molecule has 2 aliphatic rings. The first kappa shape index (κ1) is 34.9. The number of ether oxygens (including phenoxy) is 2. The molecule has 0 aromatic heterocycles. The summed E-state index contributed by atoms with van der Waals surface area (Å²) in [5, 5.41) is 48.8. The second-order valence-corrected chi connectivity index (χ2v) is 9.14. The zero-order chi connectivity index (χ0) is 27.7. The molecule has 1 aliphatic carbocycles. The molecule has 0 amide bonds. The summed E-state index contributed by atoms with van der Waals surface area (Å²) in [5.74, 6) is -0.415. The second kappa shape index (κ2) is 19.9. The van der Waals surface area contributed by atoms with Crippen molar-refractivity contribution >= 4 is 11.8 Å². The zero-order valence-electron chi connectivity index (χ0n) is 23.0. The smallest absolute Gasteiger partial charge is 0.308 e. The quantitative estimate of drug-likeness (QED) is 0.182. The Bertz CT molecular complexity index is 584. The molecule has 1 aliphatic heterocycles. The molecular formula is C27H52O9. The molecule has 2 rings (SSSR count). The number of carbonyl (C=O) groups is 2. The molecule has 0 aromatic rings. The first-order valence-electron chi connectivity index (χ1n) is 14.0. The van der Waals surface area contributed by atoms with Crippen molar-refractivity contribution in [3.63, 3.8) is 0 Å². The van der Waals surface area contributed by atoms with E-state index in [0.29, 0.717) is 6.42 Å². The van der Waals surface area contributed by atoms with Crippen LogP contribution in [0.15, 0.2) is 0 Å². The van der Waals surface area contributed by atoms with Gasteiger partial charge < -0.3 is 35.0 Å². The van der Waals surface area contributed by atoms with Crippen LogP contribution in [-0.2, 0) is 19.1 Å². The van der Waals surface area contributed by atoms with E-state index >= 15 is 0 Å². The first-order chi connectivity index (χ1) is 17.3. The molecule has 1 saturated carbocycles. The molecule has 1 heterocycles. The van der Waals surface area contributed by atoms with Gasteiger partial charge in [-0.15, -0.1) is 0 Å². The molecule has 214 valence electrons. The lowest BCUT2D eigenvalue weighted by Gasteiger charge is -2.39. The van der Waals surface area contributed by atoms with E-state index in [1.54, 1.807) is 0 Å². The first-order valence-corrected chi connectivity index (χ1v) is 14.0. The summed E-state index contributed by atoms with van der Waals surface area (Å²) in [6.07, 6.45) is 0.611. The lowest BCUT2D eigenvalue weighted by atomic mass is 9.85. The van der Waals surface area contributed by atoms with Crippen molar-refractivity contribution < 1.29 is 44.6 Å². The Hall–Kier alpha value is -1.10. The van der Waals surface area contributed by atoms with Gasteiger partial charge in [-0.3, -0.25) is 9.59 Å². The molecule has 0 aromatic carbocycles. The van der Waals surface area contributed by atoms with Crippen molar-refractivity contribution in [2.75, 3.05) is 6.61 Å². The maximum absolute atomic E-state index is 12.2. The monoisotopic (exact) mass is 520 g/mol. The van der Waals surface area contributed by atoms with Crippen LogP contribution in [-0.4, -0.2) is 80.7 Å². The summed E-state index contributed by atoms with van der Waals surface area (Å²) in [5.41, 5.74) is 0. The Balaban J connectivity index is 0.00000291. The van der Waals surface area contributed by atoms with Crippen LogP contribution < -0.4 is 0 Å². The van der Waals surface area contributed by atoms with Crippen molar-refractivity contribution in [1.82, 2.24) is 0 Å². The standard InChI is InChI=1S/C23H40O9.2C2H6/c1-2-3-6-9-14-15(17(26)12-16(14)25)10-7-4-5-8-11-19(27)32-23-22(30)21(29)20(28)18(13-24)31-23;2*1-2/h14-16,18,20-25,28-30H,2-13H2,1H3;2*1-2H3/t14?,15?,16?,18-,20-,21+,22-,23?;;/m1../s1. The highest BCUT2D eigenvalue weighted by Crippen LogP contribution is 2.36. The molecule has 0 bridgehead atoms. The maximum atomic E-state index is 12.2. The van der Waals surface area contributed by atoms with Crippen LogP contribution in [0.2, 0.25) is 0 Å². The highest BCUT2D eigenvalue weighted by molar-refractivity contribution is 5.84. The number of carbonyl (C=O) groups excluding carboxylic acids is 2. The number of hydrogen-bond acceptors (Lipinski definition) is 9. The van der Waals surface area contributed by atoms with Crippen LogP contribution in [0.25, 0.3) is 0 Å². The second-order valence-electron chi connectivity index (χ2n) is 9.14. The van der Waals surface area contributed by atoms with Gasteiger partial charge in [0.05, 0.1) is 12.7 Å². The van der Waals surface area contributed by atoms with E-state index in [-0.39, 0.29) is 30.5 Å². The lowest BCUT2D eigenvalue weighted by molar-refractivity contribution is -0.292. The number of aliphatic hydroxyl groups excluding tert-OH is 5. The fraction of sp³-hybridized carbons (Fsp3) is 0.926.